The molecule has 20 nitrogen and oxygen atoms in total. The average molecular weight is 1120 g/mol. The minimum atomic E-state index is -1.57. The van der Waals surface area contributed by atoms with Crippen molar-refractivity contribution in [3.63, 3.8) is 0 Å². The Balaban J connectivity index is 1.16. The maximum Gasteiger partial charge on any atom is 0.303 e. The van der Waals surface area contributed by atoms with Crippen molar-refractivity contribution in [2.24, 2.45) is 0 Å². The highest BCUT2D eigenvalue weighted by atomic mass is 16.8. The third kappa shape index (κ3) is 15.6. The molecule has 1 unspecified atom stereocenters. The number of benzene rings is 5. The van der Waals surface area contributed by atoms with Crippen LogP contribution >= 0.6 is 0 Å². The molecule has 0 radical (unpaired) electrons. The van der Waals surface area contributed by atoms with Gasteiger partial charge in [-0.1, -0.05) is 121 Å². The molecule has 0 bridgehead atoms. The smallest absolute Gasteiger partial charge is 0.303 e. The molecule has 81 heavy (non-hydrogen) atoms. The van der Waals surface area contributed by atoms with Crippen molar-refractivity contribution in [3.05, 3.63) is 168 Å². The Morgan fingerprint density at radius 3 is 1.58 bits per heavy atom. The van der Waals surface area contributed by atoms with Crippen LogP contribution in [0.1, 0.15) is 63.2 Å². The van der Waals surface area contributed by atoms with E-state index in [-0.39, 0.29) is 26.4 Å². The molecule has 0 aliphatic carbocycles. The second kappa shape index (κ2) is 28.2. The Hall–Kier alpha value is -6.82. The molecule has 0 aromatic heterocycles. The lowest BCUT2D eigenvalue weighted by molar-refractivity contribution is -0.400. The van der Waals surface area contributed by atoms with Gasteiger partial charge in [-0.05, 0) is 47.9 Å². The maximum absolute atomic E-state index is 13.2. The Bertz CT molecular complexity index is 2780. The molecule has 9 rings (SSSR count). The van der Waals surface area contributed by atoms with Gasteiger partial charge in [-0.2, -0.15) is 0 Å². The molecule has 4 saturated heterocycles. The molecule has 16 atom stereocenters. The van der Waals surface area contributed by atoms with Gasteiger partial charge in [0, 0.05) is 33.3 Å². The number of rotatable bonds is 22. The van der Waals surface area contributed by atoms with Crippen molar-refractivity contribution in [2.75, 3.05) is 20.3 Å². The van der Waals surface area contributed by atoms with Crippen molar-refractivity contribution in [2.45, 2.75) is 153 Å². The van der Waals surface area contributed by atoms with Gasteiger partial charge in [0.25, 0.3) is 0 Å². The summed E-state index contributed by atoms with van der Waals surface area (Å²) in [4.78, 5) is 51.3. The van der Waals surface area contributed by atoms with E-state index in [1.165, 1.54) is 13.8 Å². The van der Waals surface area contributed by atoms with Gasteiger partial charge in [-0.25, -0.2) is 0 Å². The summed E-state index contributed by atoms with van der Waals surface area (Å²) in [7, 11) is 1.56. The second-order valence-corrected chi connectivity index (χ2v) is 19.9. The van der Waals surface area contributed by atoms with Gasteiger partial charge in [0.2, 0.25) is 12.2 Å². The van der Waals surface area contributed by atoms with E-state index in [0.29, 0.717) is 11.5 Å². The van der Waals surface area contributed by atoms with Crippen molar-refractivity contribution in [1.29, 1.82) is 0 Å². The van der Waals surface area contributed by atoms with E-state index in [4.69, 9.17) is 71.1 Å². The van der Waals surface area contributed by atoms with E-state index < -0.39 is 129 Å². The first kappa shape index (κ1) is 58.8. The van der Waals surface area contributed by atoms with E-state index >= 15 is 0 Å². The van der Waals surface area contributed by atoms with Gasteiger partial charge in [0.1, 0.15) is 73.0 Å². The molecule has 0 spiro atoms. The normalized spacial score (nSPS) is 30.0. The zero-order valence-electron chi connectivity index (χ0n) is 45.9. The number of carbonyl (C=O) groups excluding carboxylic acids is 4. The average Bonchev–Trinajstić information content (AvgIpc) is 3.57. The standard InChI is InChI=1S/C61H69NO19/c1-36-50(79-59-49(62-37(2)63)53(75-40(5)66)51(74-39(4)65)47(77-59)34-68-38(3)64)55(57(71-33-43-23-15-9-16-24-43)60(73-36)76-46-29-27-45(67-6)28-30-46)81-61-56(70-32-42-21-13-8-14-22-42)54(69-31-41-19-11-7-12-20-41)52-48(78-61)35-72-58(80-52)44-25-17-10-18-26-44/h7-30,36,47-61H,31-35H2,1-6H3,(H,62,63)/t36-,47+,48+,49+,50+,51+,52+,53+,54-,55+,56+,57-,58?,59-,60+,61+/m0/s1. The minimum absolute atomic E-state index is 0.0192. The van der Waals surface area contributed by atoms with E-state index in [0.717, 1.165) is 36.1 Å². The molecule has 20 heteroatoms. The predicted molar refractivity (Wildman–Crippen MR) is 285 cm³/mol. The number of ether oxygens (including phenoxy) is 15. The van der Waals surface area contributed by atoms with Crippen LogP contribution in [0.25, 0.3) is 0 Å². The number of methoxy groups -OCH3 is 1. The molecule has 5 aromatic rings. The summed E-state index contributed by atoms with van der Waals surface area (Å²) in [5, 5.41) is 2.80. The van der Waals surface area contributed by atoms with E-state index in [1.54, 1.807) is 38.3 Å². The molecule has 4 aliphatic heterocycles. The summed E-state index contributed by atoms with van der Waals surface area (Å²) in [6, 6.07) is 43.9. The number of esters is 3. The van der Waals surface area contributed by atoms with Gasteiger partial charge in [0.05, 0.1) is 39.6 Å². The summed E-state index contributed by atoms with van der Waals surface area (Å²) in [5.74, 6) is -1.83. The van der Waals surface area contributed by atoms with Crippen molar-refractivity contribution < 1.29 is 90.2 Å². The van der Waals surface area contributed by atoms with Gasteiger partial charge >= 0.3 is 17.9 Å². The lowest BCUT2D eigenvalue weighted by atomic mass is 9.94. The van der Waals surface area contributed by atoms with E-state index in [2.05, 4.69) is 5.32 Å². The molecule has 1 N–H and O–H groups in total. The molecular formula is C61H69NO19. The highest BCUT2D eigenvalue weighted by Crippen LogP contribution is 2.41. The summed E-state index contributed by atoms with van der Waals surface area (Å²) >= 11 is 0. The van der Waals surface area contributed by atoms with Crippen molar-refractivity contribution >= 4 is 23.8 Å². The molecular weight excluding hydrogens is 1050 g/mol. The van der Waals surface area contributed by atoms with Crippen molar-refractivity contribution in [1.82, 2.24) is 5.32 Å². The van der Waals surface area contributed by atoms with Crippen LogP contribution in [-0.2, 0) is 101 Å². The van der Waals surface area contributed by atoms with Gasteiger partial charge in [-0.15, -0.1) is 0 Å². The van der Waals surface area contributed by atoms with Crippen LogP contribution in [0.5, 0.6) is 11.5 Å². The van der Waals surface area contributed by atoms with Gasteiger partial charge < -0.3 is 76.4 Å². The van der Waals surface area contributed by atoms with Crippen LogP contribution in [0.3, 0.4) is 0 Å². The van der Waals surface area contributed by atoms with Gasteiger partial charge in [0.15, 0.2) is 31.1 Å². The summed E-state index contributed by atoms with van der Waals surface area (Å²) in [5.41, 5.74) is 3.33. The minimum Gasteiger partial charge on any atom is -0.497 e. The van der Waals surface area contributed by atoms with Crippen molar-refractivity contribution in [3.8, 4) is 11.5 Å². The number of hydrogen-bond acceptors (Lipinski definition) is 19. The van der Waals surface area contributed by atoms with Crippen LogP contribution in [0.4, 0.5) is 0 Å². The fourth-order valence-electron chi connectivity index (χ4n) is 10.2. The quantitative estimate of drug-likeness (QED) is 0.0554. The molecule has 5 aromatic carbocycles. The maximum atomic E-state index is 13.2. The van der Waals surface area contributed by atoms with Crippen LogP contribution < -0.4 is 14.8 Å². The highest BCUT2D eigenvalue weighted by molar-refractivity contribution is 5.73. The fourth-order valence-corrected chi connectivity index (χ4v) is 10.2. The molecule has 432 valence electrons. The topological polar surface area (TPSA) is 219 Å². The first-order valence-electron chi connectivity index (χ1n) is 26.9. The molecule has 0 saturated carbocycles. The highest BCUT2D eigenvalue weighted by Gasteiger charge is 2.58. The summed E-state index contributed by atoms with van der Waals surface area (Å²) in [6.45, 7) is 6.34. The largest absolute Gasteiger partial charge is 0.497 e. The fraction of sp³-hybridized carbons (Fsp3) is 0.443. The molecule has 4 fully saturated rings. The van der Waals surface area contributed by atoms with E-state index in [1.807, 2.05) is 121 Å². The Labute approximate surface area is 470 Å². The number of amides is 1. The van der Waals surface area contributed by atoms with Crippen LogP contribution in [0.15, 0.2) is 146 Å². The van der Waals surface area contributed by atoms with Gasteiger partial charge in [-0.3, -0.25) is 19.2 Å². The van der Waals surface area contributed by atoms with Crippen LogP contribution in [0.2, 0.25) is 0 Å². The number of fused-ring (bicyclic) bond motifs is 1. The zero-order valence-corrected chi connectivity index (χ0v) is 45.9. The summed E-state index contributed by atoms with van der Waals surface area (Å²) < 4.78 is 98.4. The third-order valence-electron chi connectivity index (χ3n) is 13.9. The SMILES string of the molecule is COc1ccc(O[C@H]2O[C@@H](C)[C@@H](O[C@@H]3O[C@H](COC(C)=O)[C@@H](OC(C)=O)[C@H](OC(C)=O)[C@H]3NC(C)=O)[C@@H](O[C@H]3O[C@@H]4COC(c5ccccc5)O[C@H]4[C@H](OCc4ccccc4)[C@H]3OCc3ccccc3)[C@@H]2OCc2ccccc2)cc1. The lowest BCUT2D eigenvalue weighted by Crippen LogP contribution is -2.70. The number of carbonyl (C=O) groups is 4. The predicted octanol–water partition coefficient (Wildman–Crippen LogP) is 6.84. The Kier molecular flexibility index (Phi) is 20.5. The lowest BCUT2D eigenvalue weighted by Gasteiger charge is -2.52. The first-order valence-corrected chi connectivity index (χ1v) is 26.9. The molecule has 4 aliphatic rings. The first-order chi connectivity index (χ1) is 39.3. The van der Waals surface area contributed by atoms with Crippen LogP contribution in [-0.4, -0.2) is 136 Å². The second-order valence-electron chi connectivity index (χ2n) is 19.9. The Morgan fingerprint density at radius 1 is 0.519 bits per heavy atom. The van der Waals surface area contributed by atoms with Crippen LogP contribution in [0, 0.1) is 0 Å². The molecule has 1 amide bonds. The van der Waals surface area contributed by atoms with E-state index in [9.17, 15) is 19.2 Å². The number of hydrogen-bond donors (Lipinski definition) is 1. The molecule has 4 heterocycles. The Morgan fingerprint density at radius 2 is 1.04 bits per heavy atom. The monoisotopic (exact) mass is 1120 g/mol. The third-order valence-corrected chi connectivity index (χ3v) is 13.9. The number of nitrogens with one attached hydrogen (secondary N) is 1. The zero-order chi connectivity index (χ0) is 56.8. The summed E-state index contributed by atoms with van der Waals surface area (Å²) in [6.07, 6.45) is -17.3.